The standard InChI is InChI=1S/C23H17BrClF3O6/c24-12-1-2-14(18(9-12)33-6-5-32-13-7-11(8-13)22(30)31)19-10-17(29)20-15(23(26,27)28)3-4-16(25)21(20)34-19/h1-4,9-11,13H,5-8H2,(H,30,31). The molecule has 180 valence electrons. The van der Waals surface area contributed by atoms with Gasteiger partial charge in [-0.05, 0) is 43.2 Å². The van der Waals surface area contributed by atoms with Crippen molar-refractivity contribution in [2.45, 2.75) is 25.1 Å². The minimum atomic E-state index is -4.75. The maximum atomic E-state index is 13.4. The molecule has 2 aromatic carbocycles. The summed E-state index contributed by atoms with van der Waals surface area (Å²) < 4.78 is 57.9. The number of hydrogen-bond acceptors (Lipinski definition) is 5. The number of halogens is 5. The SMILES string of the molecule is O=C(O)C1CC(OCCOc2cc(Br)ccc2-c2cc(=O)c3c(C(F)(F)F)ccc(Cl)c3o2)C1. The Kier molecular flexibility index (Phi) is 6.93. The van der Waals surface area contributed by atoms with Crippen LogP contribution in [-0.2, 0) is 15.7 Å². The van der Waals surface area contributed by atoms with Gasteiger partial charge in [-0.3, -0.25) is 9.59 Å². The molecule has 11 heteroatoms. The van der Waals surface area contributed by atoms with E-state index in [-0.39, 0.29) is 41.6 Å². The molecule has 0 aliphatic heterocycles. The van der Waals surface area contributed by atoms with Gasteiger partial charge in [-0.2, -0.15) is 13.2 Å². The molecule has 1 fully saturated rings. The second-order valence-electron chi connectivity index (χ2n) is 7.76. The van der Waals surface area contributed by atoms with E-state index in [1.165, 1.54) is 0 Å². The third kappa shape index (κ3) is 5.08. The second-order valence-corrected chi connectivity index (χ2v) is 9.08. The van der Waals surface area contributed by atoms with E-state index in [1.54, 1.807) is 18.2 Å². The summed E-state index contributed by atoms with van der Waals surface area (Å²) in [7, 11) is 0. The quantitative estimate of drug-likeness (QED) is 0.348. The summed E-state index contributed by atoms with van der Waals surface area (Å²) in [6.07, 6.45) is -4.01. The lowest BCUT2D eigenvalue weighted by atomic mass is 9.82. The lowest BCUT2D eigenvalue weighted by Crippen LogP contribution is -2.37. The first-order valence-corrected chi connectivity index (χ1v) is 11.3. The summed E-state index contributed by atoms with van der Waals surface area (Å²) in [6, 6.07) is 7.63. The number of fused-ring (bicyclic) bond motifs is 1. The molecule has 1 heterocycles. The fourth-order valence-corrected chi connectivity index (χ4v) is 4.23. The van der Waals surface area contributed by atoms with Gasteiger partial charge in [-0.1, -0.05) is 27.5 Å². The van der Waals surface area contributed by atoms with Crippen LogP contribution >= 0.6 is 27.5 Å². The molecule has 0 radical (unpaired) electrons. The van der Waals surface area contributed by atoms with Crippen molar-refractivity contribution >= 4 is 44.5 Å². The fourth-order valence-electron chi connectivity index (χ4n) is 3.69. The van der Waals surface area contributed by atoms with E-state index in [4.69, 9.17) is 30.6 Å². The lowest BCUT2D eigenvalue weighted by molar-refractivity contribution is -0.151. The van der Waals surface area contributed by atoms with Gasteiger partial charge >= 0.3 is 12.1 Å². The maximum Gasteiger partial charge on any atom is 0.417 e. The topological polar surface area (TPSA) is 86.0 Å². The minimum Gasteiger partial charge on any atom is -0.490 e. The van der Waals surface area contributed by atoms with Crippen molar-refractivity contribution in [3.8, 4) is 17.1 Å². The van der Waals surface area contributed by atoms with Gasteiger partial charge in [0.05, 0.1) is 40.2 Å². The molecule has 1 aliphatic rings. The zero-order valence-electron chi connectivity index (χ0n) is 17.3. The highest BCUT2D eigenvalue weighted by atomic mass is 79.9. The lowest BCUT2D eigenvalue weighted by Gasteiger charge is -2.32. The van der Waals surface area contributed by atoms with E-state index in [1.807, 2.05) is 0 Å². The third-order valence-electron chi connectivity index (χ3n) is 5.48. The zero-order valence-corrected chi connectivity index (χ0v) is 19.7. The highest BCUT2D eigenvalue weighted by molar-refractivity contribution is 9.10. The minimum absolute atomic E-state index is 0.00886. The van der Waals surface area contributed by atoms with Crippen LogP contribution in [0.3, 0.4) is 0 Å². The van der Waals surface area contributed by atoms with Crippen LogP contribution in [0.2, 0.25) is 5.02 Å². The van der Waals surface area contributed by atoms with Gasteiger partial charge in [0.2, 0.25) is 0 Å². The van der Waals surface area contributed by atoms with Crippen LogP contribution in [0.1, 0.15) is 18.4 Å². The Bertz CT molecular complexity index is 1300. The van der Waals surface area contributed by atoms with Crippen molar-refractivity contribution in [1.82, 2.24) is 0 Å². The van der Waals surface area contributed by atoms with E-state index in [9.17, 15) is 22.8 Å². The van der Waals surface area contributed by atoms with Crippen molar-refractivity contribution in [2.24, 2.45) is 5.92 Å². The van der Waals surface area contributed by atoms with Gasteiger partial charge in [0, 0.05) is 10.5 Å². The highest BCUT2D eigenvalue weighted by Gasteiger charge is 2.36. The number of aliphatic carboxylic acids is 1. The summed E-state index contributed by atoms with van der Waals surface area (Å²) in [4.78, 5) is 23.6. The summed E-state index contributed by atoms with van der Waals surface area (Å²) in [5, 5.41) is 8.14. The molecule has 3 aromatic rings. The van der Waals surface area contributed by atoms with Gasteiger partial charge < -0.3 is 19.0 Å². The number of benzene rings is 2. The van der Waals surface area contributed by atoms with Crippen LogP contribution in [0.5, 0.6) is 5.75 Å². The van der Waals surface area contributed by atoms with Crippen molar-refractivity contribution < 1.29 is 37.0 Å². The largest absolute Gasteiger partial charge is 0.490 e. The van der Waals surface area contributed by atoms with Crippen LogP contribution in [0.4, 0.5) is 13.2 Å². The molecule has 4 rings (SSSR count). The van der Waals surface area contributed by atoms with Crippen LogP contribution in [0.15, 0.2) is 50.1 Å². The summed E-state index contributed by atoms with van der Waals surface area (Å²) in [5.41, 5.74) is -2.04. The van der Waals surface area contributed by atoms with Gasteiger partial charge in [0.1, 0.15) is 18.1 Å². The van der Waals surface area contributed by atoms with Gasteiger partial charge in [0.25, 0.3) is 0 Å². The monoisotopic (exact) mass is 560 g/mol. The molecule has 6 nitrogen and oxygen atoms in total. The molecule has 1 saturated carbocycles. The van der Waals surface area contributed by atoms with Gasteiger partial charge in [-0.15, -0.1) is 0 Å². The van der Waals surface area contributed by atoms with E-state index in [0.29, 0.717) is 28.6 Å². The van der Waals surface area contributed by atoms with Crippen molar-refractivity contribution in [3.05, 3.63) is 61.7 Å². The molecule has 1 aliphatic carbocycles. The Morgan fingerprint density at radius 1 is 1.18 bits per heavy atom. The Labute approximate surface area is 204 Å². The van der Waals surface area contributed by atoms with Crippen LogP contribution in [0, 0.1) is 5.92 Å². The normalized spacial score (nSPS) is 18.0. The Morgan fingerprint density at radius 2 is 1.91 bits per heavy atom. The fraction of sp³-hybridized carbons (Fsp3) is 0.304. The van der Waals surface area contributed by atoms with Crippen LogP contribution in [-0.4, -0.2) is 30.4 Å². The number of alkyl halides is 3. The predicted molar refractivity (Wildman–Crippen MR) is 121 cm³/mol. The number of ether oxygens (including phenoxy) is 2. The molecule has 34 heavy (non-hydrogen) atoms. The molecule has 0 atom stereocenters. The molecule has 0 saturated heterocycles. The smallest absolute Gasteiger partial charge is 0.417 e. The van der Waals surface area contributed by atoms with Crippen molar-refractivity contribution in [3.63, 3.8) is 0 Å². The average molecular weight is 562 g/mol. The van der Waals surface area contributed by atoms with E-state index < -0.39 is 28.5 Å². The Hall–Kier alpha value is -2.56. The average Bonchev–Trinajstić information content (AvgIpc) is 2.71. The first-order chi connectivity index (χ1) is 16.0. The predicted octanol–water partition coefficient (Wildman–Crippen LogP) is 6.15. The Balaban J connectivity index is 1.59. The molecule has 0 spiro atoms. The molecular weight excluding hydrogens is 545 g/mol. The van der Waals surface area contributed by atoms with Crippen molar-refractivity contribution in [2.75, 3.05) is 13.2 Å². The number of rotatable bonds is 7. The Morgan fingerprint density at radius 3 is 2.59 bits per heavy atom. The zero-order chi connectivity index (χ0) is 24.6. The first kappa shape index (κ1) is 24.6. The molecule has 1 aromatic heterocycles. The molecule has 0 bridgehead atoms. The maximum absolute atomic E-state index is 13.4. The number of carboxylic acids is 1. The van der Waals surface area contributed by atoms with Gasteiger partial charge in [-0.25, -0.2) is 0 Å². The summed E-state index contributed by atoms with van der Waals surface area (Å²) in [6.45, 7) is 0.319. The second kappa shape index (κ2) is 9.59. The molecule has 0 unspecified atom stereocenters. The molecular formula is C23H17BrClF3O6. The van der Waals surface area contributed by atoms with Gasteiger partial charge in [0.15, 0.2) is 11.0 Å². The number of hydrogen-bond donors (Lipinski definition) is 1. The summed E-state index contributed by atoms with van der Waals surface area (Å²) in [5.74, 6) is -0.927. The first-order valence-electron chi connectivity index (χ1n) is 10.1. The van der Waals surface area contributed by atoms with Crippen LogP contribution in [0.25, 0.3) is 22.3 Å². The third-order valence-corrected chi connectivity index (χ3v) is 6.27. The van der Waals surface area contributed by atoms with Crippen molar-refractivity contribution in [1.29, 1.82) is 0 Å². The van der Waals surface area contributed by atoms with E-state index in [2.05, 4.69) is 15.9 Å². The highest BCUT2D eigenvalue weighted by Crippen LogP contribution is 2.39. The summed E-state index contributed by atoms with van der Waals surface area (Å²) >= 11 is 9.40. The number of carbonyl (C=O) groups is 1. The number of carboxylic acid groups (broad SMARTS) is 1. The van der Waals surface area contributed by atoms with E-state index >= 15 is 0 Å². The van der Waals surface area contributed by atoms with E-state index in [0.717, 1.165) is 18.2 Å². The molecule has 1 N–H and O–H groups in total. The molecule has 0 amide bonds. The van der Waals surface area contributed by atoms with Crippen LogP contribution < -0.4 is 10.2 Å².